The Balaban J connectivity index is 2.42. The lowest BCUT2D eigenvalue weighted by Crippen LogP contribution is -2.43. The Morgan fingerprint density at radius 2 is 2.21 bits per heavy atom. The molecule has 19 heavy (non-hydrogen) atoms. The van der Waals surface area contributed by atoms with Gasteiger partial charge in [-0.25, -0.2) is 9.78 Å². The molecule has 0 fully saturated rings. The van der Waals surface area contributed by atoms with Crippen LogP contribution in [0.2, 0.25) is 0 Å². The number of H-pyrrole nitrogens is 1. The van der Waals surface area contributed by atoms with Gasteiger partial charge in [-0.05, 0) is 0 Å². The molecule has 4 N–H and O–H groups in total. The number of carboxylic acids is 1. The van der Waals surface area contributed by atoms with Crippen LogP contribution in [0.1, 0.15) is 19.0 Å². The highest BCUT2D eigenvalue weighted by Crippen LogP contribution is 1.99. The van der Waals surface area contributed by atoms with Crippen LogP contribution >= 0.6 is 0 Å². The topological polar surface area (TPSA) is 124 Å². The summed E-state index contributed by atoms with van der Waals surface area (Å²) in [5.41, 5.74) is 0.620. The van der Waals surface area contributed by atoms with Crippen molar-refractivity contribution in [2.45, 2.75) is 25.8 Å². The summed E-state index contributed by atoms with van der Waals surface area (Å²) < 4.78 is 0. The van der Waals surface area contributed by atoms with E-state index in [1.54, 1.807) is 0 Å². The van der Waals surface area contributed by atoms with Crippen molar-refractivity contribution in [1.29, 1.82) is 0 Å². The summed E-state index contributed by atoms with van der Waals surface area (Å²) in [6.07, 6.45) is 3.10. The molecule has 8 heteroatoms. The fourth-order valence-electron chi connectivity index (χ4n) is 1.43. The largest absolute Gasteiger partial charge is 0.480 e. The van der Waals surface area contributed by atoms with Crippen LogP contribution in [0.15, 0.2) is 12.5 Å². The molecule has 1 aromatic heterocycles. The molecule has 1 atom stereocenters. The molecular formula is C11H16N4O4. The highest BCUT2D eigenvalue weighted by atomic mass is 16.4. The standard InChI is InChI=1S/C11H16N4O4/c1-7(16)13-3-2-10(17)15-9(11(18)19)4-8-5-12-6-14-8/h5-6,9H,2-4H2,1H3,(H,12,14)(H,13,16)(H,15,17)(H,18,19)/t9-/m1/s1. The van der Waals surface area contributed by atoms with Crippen LogP contribution in [0.3, 0.4) is 0 Å². The van der Waals surface area contributed by atoms with Crippen molar-refractivity contribution in [3.05, 3.63) is 18.2 Å². The second-order valence-corrected chi connectivity index (χ2v) is 3.97. The van der Waals surface area contributed by atoms with Gasteiger partial charge in [-0.15, -0.1) is 0 Å². The lowest BCUT2D eigenvalue weighted by molar-refractivity contribution is -0.141. The Morgan fingerprint density at radius 3 is 2.74 bits per heavy atom. The zero-order valence-corrected chi connectivity index (χ0v) is 10.5. The van der Waals surface area contributed by atoms with E-state index in [0.717, 1.165) is 0 Å². The summed E-state index contributed by atoms with van der Waals surface area (Å²) in [5, 5.41) is 13.9. The van der Waals surface area contributed by atoms with Crippen LogP contribution in [0.25, 0.3) is 0 Å². The zero-order chi connectivity index (χ0) is 14.3. The van der Waals surface area contributed by atoms with E-state index in [4.69, 9.17) is 5.11 Å². The van der Waals surface area contributed by atoms with Crippen LogP contribution in [-0.4, -0.2) is 45.4 Å². The molecule has 0 bridgehead atoms. The van der Waals surface area contributed by atoms with Gasteiger partial charge in [-0.2, -0.15) is 0 Å². The second-order valence-electron chi connectivity index (χ2n) is 3.97. The van der Waals surface area contributed by atoms with E-state index in [-0.39, 0.29) is 25.3 Å². The highest BCUT2D eigenvalue weighted by Gasteiger charge is 2.20. The van der Waals surface area contributed by atoms with Crippen molar-refractivity contribution in [3.8, 4) is 0 Å². The number of carboxylic acid groups (broad SMARTS) is 1. The molecule has 0 aliphatic carbocycles. The predicted octanol–water partition coefficient (Wildman–Crippen LogP) is -0.952. The smallest absolute Gasteiger partial charge is 0.326 e. The SMILES string of the molecule is CC(=O)NCCC(=O)N[C@H](Cc1cnc[nH]1)C(=O)O. The molecule has 8 nitrogen and oxygen atoms in total. The first kappa shape index (κ1) is 14.7. The number of amides is 2. The zero-order valence-electron chi connectivity index (χ0n) is 10.5. The molecule has 0 unspecified atom stereocenters. The molecule has 1 heterocycles. The first-order valence-electron chi connectivity index (χ1n) is 5.73. The maximum Gasteiger partial charge on any atom is 0.326 e. The Labute approximate surface area is 109 Å². The molecule has 1 aromatic rings. The number of aliphatic carboxylic acids is 1. The number of aromatic amines is 1. The molecule has 0 aromatic carbocycles. The normalized spacial score (nSPS) is 11.6. The van der Waals surface area contributed by atoms with Gasteiger partial charge in [-0.3, -0.25) is 9.59 Å². The van der Waals surface area contributed by atoms with Crippen LogP contribution in [0, 0.1) is 0 Å². The van der Waals surface area contributed by atoms with Gasteiger partial charge in [0.1, 0.15) is 6.04 Å². The lowest BCUT2D eigenvalue weighted by atomic mass is 10.1. The van der Waals surface area contributed by atoms with Gasteiger partial charge >= 0.3 is 5.97 Å². The molecule has 0 aliphatic heterocycles. The summed E-state index contributed by atoms with van der Waals surface area (Å²) in [6.45, 7) is 1.52. The third-order valence-corrected chi connectivity index (χ3v) is 2.34. The fraction of sp³-hybridized carbons (Fsp3) is 0.455. The van der Waals surface area contributed by atoms with Crippen molar-refractivity contribution in [2.75, 3.05) is 6.54 Å². The third kappa shape index (κ3) is 5.66. The van der Waals surface area contributed by atoms with E-state index in [2.05, 4.69) is 20.6 Å². The minimum Gasteiger partial charge on any atom is -0.480 e. The number of nitrogens with zero attached hydrogens (tertiary/aromatic N) is 1. The van der Waals surface area contributed by atoms with Crippen LogP contribution in [0.5, 0.6) is 0 Å². The summed E-state index contributed by atoms with van der Waals surface area (Å²) in [7, 11) is 0. The molecule has 0 aliphatic rings. The molecule has 0 saturated carbocycles. The van der Waals surface area contributed by atoms with Gasteiger partial charge in [0.2, 0.25) is 11.8 Å². The predicted molar refractivity (Wildman–Crippen MR) is 65.2 cm³/mol. The second kappa shape index (κ2) is 7.14. The van der Waals surface area contributed by atoms with E-state index in [1.165, 1.54) is 19.4 Å². The summed E-state index contributed by atoms with van der Waals surface area (Å²) >= 11 is 0. The molecule has 0 radical (unpaired) electrons. The van der Waals surface area contributed by atoms with Crippen LogP contribution < -0.4 is 10.6 Å². The Bertz CT molecular complexity index is 444. The van der Waals surface area contributed by atoms with E-state index in [1.807, 2.05) is 0 Å². The molecule has 104 valence electrons. The van der Waals surface area contributed by atoms with E-state index in [9.17, 15) is 14.4 Å². The number of rotatable bonds is 7. The first-order chi connectivity index (χ1) is 8.99. The quantitative estimate of drug-likeness (QED) is 0.507. The molecule has 2 amide bonds. The average Bonchev–Trinajstić information content (AvgIpc) is 2.80. The maximum atomic E-state index is 11.5. The average molecular weight is 268 g/mol. The number of carbonyl (C=O) groups is 3. The van der Waals surface area contributed by atoms with Crippen molar-refractivity contribution in [3.63, 3.8) is 0 Å². The van der Waals surface area contributed by atoms with Crippen molar-refractivity contribution in [1.82, 2.24) is 20.6 Å². The number of nitrogens with one attached hydrogen (secondary N) is 3. The van der Waals surface area contributed by atoms with Crippen molar-refractivity contribution in [2.24, 2.45) is 0 Å². The monoisotopic (exact) mass is 268 g/mol. The van der Waals surface area contributed by atoms with Gasteiger partial charge < -0.3 is 20.7 Å². The molecular weight excluding hydrogens is 252 g/mol. The number of imidazole rings is 1. The minimum absolute atomic E-state index is 0.0341. The van der Waals surface area contributed by atoms with Crippen molar-refractivity contribution >= 4 is 17.8 Å². The highest BCUT2D eigenvalue weighted by molar-refractivity contribution is 5.84. The molecule has 0 saturated heterocycles. The molecule has 0 spiro atoms. The maximum absolute atomic E-state index is 11.5. The summed E-state index contributed by atoms with van der Waals surface area (Å²) in [5.74, 6) is -1.79. The fourth-order valence-corrected chi connectivity index (χ4v) is 1.43. The van der Waals surface area contributed by atoms with Crippen molar-refractivity contribution < 1.29 is 19.5 Å². The number of aromatic nitrogens is 2. The van der Waals surface area contributed by atoms with Gasteiger partial charge in [0, 0.05) is 38.2 Å². The molecule has 1 rings (SSSR count). The van der Waals surface area contributed by atoms with E-state index < -0.39 is 17.9 Å². The van der Waals surface area contributed by atoms with Crippen LogP contribution in [0.4, 0.5) is 0 Å². The van der Waals surface area contributed by atoms with Gasteiger partial charge in [-0.1, -0.05) is 0 Å². The van der Waals surface area contributed by atoms with E-state index >= 15 is 0 Å². The Hall–Kier alpha value is -2.38. The number of hydrogen-bond acceptors (Lipinski definition) is 4. The lowest BCUT2D eigenvalue weighted by Gasteiger charge is -2.13. The Kier molecular flexibility index (Phi) is 5.52. The van der Waals surface area contributed by atoms with Crippen LogP contribution in [-0.2, 0) is 20.8 Å². The first-order valence-corrected chi connectivity index (χ1v) is 5.73. The van der Waals surface area contributed by atoms with E-state index in [0.29, 0.717) is 5.69 Å². The van der Waals surface area contributed by atoms with Gasteiger partial charge in [0.25, 0.3) is 0 Å². The number of hydrogen-bond donors (Lipinski definition) is 4. The summed E-state index contributed by atoms with van der Waals surface area (Å²) in [4.78, 5) is 39.7. The minimum atomic E-state index is -1.12. The summed E-state index contributed by atoms with van der Waals surface area (Å²) in [6, 6.07) is -1.02. The Morgan fingerprint density at radius 1 is 1.47 bits per heavy atom. The number of carbonyl (C=O) groups excluding carboxylic acids is 2. The third-order valence-electron chi connectivity index (χ3n) is 2.34. The van der Waals surface area contributed by atoms with Gasteiger partial charge in [0.05, 0.1) is 6.33 Å². The van der Waals surface area contributed by atoms with Gasteiger partial charge in [0.15, 0.2) is 0 Å².